The summed E-state index contributed by atoms with van der Waals surface area (Å²) in [6, 6.07) is 8.29. The molecular formula is C16H26ClIN4O. The van der Waals surface area contributed by atoms with Crippen molar-refractivity contribution >= 4 is 47.2 Å². The van der Waals surface area contributed by atoms with Gasteiger partial charge in [0.1, 0.15) is 0 Å². The van der Waals surface area contributed by atoms with Crippen molar-refractivity contribution in [3.05, 3.63) is 29.3 Å². The molecule has 0 saturated carbocycles. The molecule has 1 saturated heterocycles. The fraction of sp³-hybridized carbons (Fsp3) is 0.562. The maximum Gasteiger partial charge on any atom is 0.191 e. The van der Waals surface area contributed by atoms with E-state index < -0.39 is 0 Å². The first kappa shape index (κ1) is 20.3. The Morgan fingerprint density at radius 1 is 1.43 bits per heavy atom. The number of aliphatic hydroxyl groups excluding tert-OH is 1. The minimum atomic E-state index is 0. The van der Waals surface area contributed by atoms with Crippen molar-refractivity contribution in [1.29, 1.82) is 0 Å². The lowest BCUT2D eigenvalue weighted by molar-refractivity contribution is 0.306. The fourth-order valence-corrected chi connectivity index (χ4v) is 2.95. The van der Waals surface area contributed by atoms with Gasteiger partial charge in [-0.25, -0.2) is 0 Å². The molecule has 23 heavy (non-hydrogen) atoms. The molecule has 0 spiro atoms. The van der Waals surface area contributed by atoms with Crippen LogP contribution in [-0.2, 0) is 0 Å². The van der Waals surface area contributed by atoms with Crippen molar-refractivity contribution in [3.8, 4) is 0 Å². The Kier molecular flexibility index (Phi) is 9.66. The molecule has 0 aromatic heterocycles. The third kappa shape index (κ3) is 6.35. The highest BCUT2D eigenvalue weighted by Crippen LogP contribution is 2.27. The summed E-state index contributed by atoms with van der Waals surface area (Å²) in [6.07, 6.45) is 2.22. The molecular weight excluding hydrogens is 427 g/mol. The molecule has 2 rings (SSSR count). The molecule has 7 heteroatoms. The molecule has 1 fully saturated rings. The van der Waals surface area contributed by atoms with E-state index >= 15 is 0 Å². The highest BCUT2D eigenvalue weighted by molar-refractivity contribution is 14.0. The Morgan fingerprint density at radius 2 is 2.22 bits per heavy atom. The van der Waals surface area contributed by atoms with Gasteiger partial charge in [0.25, 0.3) is 0 Å². The Hall–Kier alpha value is -0.730. The lowest BCUT2D eigenvalue weighted by Crippen LogP contribution is -2.51. The molecule has 0 bridgehead atoms. The predicted molar refractivity (Wildman–Crippen MR) is 108 cm³/mol. The maximum atomic E-state index is 8.92. The van der Waals surface area contributed by atoms with Crippen molar-refractivity contribution in [2.75, 3.05) is 37.7 Å². The van der Waals surface area contributed by atoms with Gasteiger partial charge < -0.3 is 20.6 Å². The summed E-state index contributed by atoms with van der Waals surface area (Å²) < 4.78 is 0. The Morgan fingerprint density at radius 3 is 2.91 bits per heavy atom. The third-order valence-electron chi connectivity index (χ3n) is 3.67. The first-order chi connectivity index (χ1) is 10.7. The summed E-state index contributed by atoms with van der Waals surface area (Å²) in [5, 5.41) is 16.4. The Labute approximate surface area is 160 Å². The molecule has 1 aliphatic heterocycles. The van der Waals surface area contributed by atoms with Crippen molar-refractivity contribution in [2.45, 2.75) is 25.8 Å². The zero-order valence-corrected chi connectivity index (χ0v) is 16.6. The van der Waals surface area contributed by atoms with Gasteiger partial charge in [-0.2, -0.15) is 0 Å². The number of benzene rings is 1. The second-order valence-corrected chi connectivity index (χ2v) is 5.77. The molecule has 0 aliphatic carbocycles. The number of aliphatic hydroxyl groups is 1. The lowest BCUT2D eigenvalue weighted by Gasteiger charge is -2.35. The molecule has 1 aromatic rings. The highest BCUT2D eigenvalue weighted by atomic mass is 127. The molecule has 1 unspecified atom stereocenters. The maximum absolute atomic E-state index is 8.92. The van der Waals surface area contributed by atoms with Crippen molar-refractivity contribution in [2.24, 2.45) is 4.99 Å². The first-order valence-electron chi connectivity index (χ1n) is 7.89. The van der Waals surface area contributed by atoms with Crippen LogP contribution >= 0.6 is 35.6 Å². The third-order valence-corrected chi connectivity index (χ3v) is 3.99. The highest BCUT2D eigenvalue weighted by Gasteiger charge is 2.22. The van der Waals surface area contributed by atoms with Crippen molar-refractivity contribution < 1.29 is 5.11 Å². The minimum Gasteiger partial charge on any atom is -0.394 e. The van der Waals surface area contributed by atoms with E-state index in [-0.39, 0.29) is 30.6 Å². The number of nitrogens with zero attached hydrogens (tertiary/aromatic N) is 2. The molecule has 1 atom stereocenters. The van der Waals surface area contributed by atoms with Crippen molar-refractivity contribution in [1.82, 2.24) is 10.6 Å². The average molecular weight is 453 g/mol. The van der Waals surface area contributed by atoms with Crippen molar-refractivity contribution in [3.63, 3.8) is 0 Å². The van der Waals surface area contributed by atoms with Gasteiger partial charge in [0.15, 0.2) is 5.96 Å². The number of rotatable bonds is 5. The molecule has 3 N–H and O–H groups in total. The summed E-state index contributed by atoms with van der Waals surface area (Å²) in [4.78, 5) is 6.66. The second kappa shape index (κ2) is 10.9. The van der Waals surface area contributed by atoms with Gasteiger partial charge in [-0.05, 0) is 31.9 Å². The fourth-order valence-electron chi connectivity index (χ4n) is 2.70. The molecule has 1 aromatic carbocycles. The van der Waals surface area contributed by atoms with E-state index in [2.05, 4.69) is 26.6 Å². The molecule has 130 valence electrons. The SMILES string of the molecule is CCNC(=NCCO)NC1CCCN(c2ccccc2Cl)C1.I. The summed E-state index contributed by atoms with van der Waals surface area (Å²) >= 11 is 6.30. The van der Waals surface area contributed by atoms with Crippen LogP contribution in [0.1, 0.15) is 19.8 Å². The van der Waals surface area contributed by atoms with E-state index in [0.29, 0.717) is 12.6 Å². The van der Waals surface area contributed by atoms with Gasteiger partial charge in [0.2, 0.25) is 0 Å². The number of halogens is 2. The Balaban J connectivity index is 0.00000264. The van der Waals surface area contributed by atoms with Gasteiger partial charge in [-0.15, -0.1) is 24.0 Å². The number of piperidine rings is 1. The predicted octanol–water partition coefficient (Wildman–Crippen LogP) is 2.47. The minimum absolute atomic E-state index is 0. The molecule has 1 heterocycles. The second-order valence-electron chi connectivity index (χ2n) is 5.37. The average Bonchev–Trinajstić information content (AvgIpc) is 2.53. The number of guanidine groups is 1. The van der Waals surface area contributed by atoms with Crippen LogP contribution in [0.5, 0.6) is 0 Å². The number of anilines is 1. The summed E-state index contributed by atoms with van der Waals surface area (Å²) in [7, 11) is 0. The van der Waals surface area contributed by atoms with E-state index in [1.807, 2.05) is 25.1 Å². The van der Waals surface area contributed by atoms with Gasteiger partial charge in [-0.1, -0.05) is 23.7 Å². The van der Waals surface area contributed by atoms with Gasteiger partial charge in [-0.3, -0.25) is 4.99 Å². The van der Waals surface area contributed by atoms with Gasteiger partial charge in [0.05, 0.1) is 23.9 Å². The smallest absolute Gasteiger partial charge is 0.191 e. The van der Waals surface area contributed by atoms with Crippen LogP contribution in [0, 0.1) is 0 Å². The normalized spacial score (nSPS) is 18.3. The quantitative estimate of drug-likeness (QED) is 0.365. The van der Waals surface area contributed by atoms with Crippen LogP contribution in [0.15, 0.2) is 29.3 Å². The van der Waals surface area contributed by atoms with Gasteiger partial charge >= 0.3 is 0 Å². The zero-order valence-electron chi connectivity index (χ0n) is 13.5. The molecule has 0 radical (unpaired) electrons. The molecule has 5 nitrogen and oxygen atoms in total. The van der Waals surface area contributed by atoms with Crippen LogP contribution in [0.4, 0.5) is 5.69 Å². The van der Waals surface area contributed by atoms with E-state index in [1.54, 1.807) is 0 Å². The topological polar surface area (TPSA) is 59.9 Å². The number of hydrogen-bond acceptors (Lipinski definition) is 3. The van der Waals surface area contributed by atoms with E-state index in [0.717, 1.165) is 49.1 Å². The van der Waals surface area contributed by atoms with E-state index in [9.17, 15) is 0 Å². The first-order valence-corrected chi connectivity index (χ1v) is 8.27. The molecule has 0 amide bonds. The number of hydrogen-bond donors (Lipinski definition) is 3. The summed E-state index contributed by atoms with van der Waals surface area (Å²) in [5.41, 5.74) is 1.09. The number of nitrogens with one attached hydrogen (secondary N) is 2. The number of para-hydroxylation sites is 1. The van der Waals surface area contributed by atoms with Crippen LogP contribution < -0.4 is 15.5 Å². The van der Waals surface area contributed by atoms with Crippen LogP contribution in [0.2, 0.25) is 5.02 Å². The largest absolute Gasteiger partial charge is 0.394 e. The van der Waals surface area contributed by atoms with Crippen LogP contribution in [0.3, 0.4) is 0 Å². The van der Waals surface area contributed by atoms with Crippen LogP contribution in [0.25, 0.3) is 0 Å². The summed E-state index contributed by atoms with van der Waals surface area (Å²) in [6.45, 7) is 5.23. The standard InChI is InChI=1S/C16H25ClN4O.HI/c1-2-18-16(19-9-11-22)20-13-6-5-10-21(12-13)15-8-4-3-7-14(15)17;/h3-4,7-8,13,22H,2,5-6,9-12H2,1H3,(H2,18,19,20);1H. The molecule has 1 aliphatic rings. The van der Waals surface area contributed by atoms with E-state index in [1.165, 1.54) is 0 Å². The Bertz CT molecular complexity index is 501. The number of aliphatic imine (C=N–C) groups is 1. The van der Waals surface area contributed by atoms with Gasteiger partial charge in [0, 0.05) is 25.7 Å². The monoisotopic (exact) mass is 452 g/mol. The summed E-state index contributed by atoms with van der Waals surface area (Å²) in [5.74, 6) is 0.766. The van der Waals surface area contributed by atoms with E-state index in [4.69, 9.17) is 16.7 Å². The lowest BCUT2D eigenvalue weighted by atomic mass is 10.0. The zero-order chi connectivity index (χ0) is 15.8. The van der Waals surface area contributed by atoms with Crippen LogP contribution in [-0.4, -0.2) is 49.9 Å².